The molecule has 0 aromatic rings. The fraction of sp³-hybridized carbons (Fsp3) is 0.667. The van der Waals surface area contributed by atoms with Crippen LogP contribution < -0.4 is 0 Å². The van der Waals surface area contributed by atoms with E-state index in [4.69, 9.17) is 14.2 Å². The predicted octanol–water partition coefficient (Wildman–Crippen LogP) is 0.435. The number of rotatable bonds is 3. The smallest absolute Gasteiger partial charge is 0.333 e. The minimum absolute atomic E-state index is 0.0145. The Hall–Kier alpha value is -1.36. The van der Waals surface area contributed by atoms with Crippen molar-refractivity contribution in [2.24, 2.45) is 11.8 Å². The van der Waals surface area contributed by atoms with Gasteiger partial charge in [0.25, 0.3) is 0 Å². The first-order valence-corrected chi connectivity index (χ1v) is 5.76. The molecular formula is C12H14O5. The molecule has 3 saturated heterocycles. The minimum Gasteiger partial charge on any atom is -0.462 e. The lowest BCUT2D eigenvalue weighted by Crippen LogP contribution is -2.35. The van der Waals surface area contributed by atoms with Crippen LogP contribution in [0.5, 0.6) is 0 Å². The van der Waals surface area contributed by atoms with Gasteiger partial charge in [-0.1, -0.05) is 6.58 Å². The van der Waals surface area contributed by atoms with Crippen LogP contribution >= 0.6 is 0 Å². The van der Waals surface area contributed by atoms with Gasteiger partial charge in [-0.15, -0.1) is 0 Å². The van der Waals surface area contributed by atoms with Crippen LogP contribution in [0.3, 0.4) is 0 Å². The summed E-state index contributed by atoms with van der Waals surface area (Å²) in [6, 6.07) is 0. The highest BCUT2D eigenvalue weighted by molar-refractivity contribution is 5.86. The van der Waals surface area contributed by atoms with Crippen molar-refractivity contribution in [3.8, 4) is 0 Å². The van der Waals surface area contributed by atoms with Crippen molar-refractivity contribution < 1.29 is 23.8 Å². The Balaban J connectivity index is 1.65. The summed E-state index contributed by atoms with van der Waals surface area (Å²) >= 11 is 0. The van der Waals surface area contributed by atoms with E-state index >= 15 is 0 Å². The van der Waals surface area contributed by atoms with Gasteiger partial charge in [-0.05, 0) is 13.3 Å². The zero-order valence-corrected chi connectivity index (χ0v) is 9.55. The van der Waals surface area contributed by atoms with Crippen LogP contribution in [0.1, 0.15) is 13.3 Å². The van der Waals surface area contributed by atoms with E-state index in [2.05, 4.69) is 6.58 Å². The maximum absolute atomic E-state index is 11.5. The second-order valence-electron chi connectivity index (χ2n) is 4.93. The first-order chi connectivity index (χ1) is 8.08. The monoisotopic (exact) mass is 238 g/mol. The highest BCUT2D eigenvalue weighted by Crippen LogP contribution is 2.49. The highest BCUT2D eigenvalue weighted by atomic mass is 16.6. The SMILES string of the molecule is C=C(C)C(=O)OCC1C2CC3C(=O)OC1C3O2. The molecule has 17 heavy (non-hydrogen) atoms. The average molecular weight is 238 g/mol. The zero-order chi connectivity index (χ0) is 12.2. The quantitative estimate of drug-likeness (QED) is 0.527. The third kappa shape index (κ3) is 1.49. The lowest BCUT2D eigenvalue weighted by atomic mass is 9.83. The molecule has 0 aliphatic carbocycles. The van der Waals surface area contributed by atoms with Crippen molar-refractivity contribution in [1.29, 1.82) is 0 Å². The summed E-state index contributed by atoms with van der Waals surface area (Å²) in [5, 5.41) is 0. The van der Waals surface area contributed by atoms with E-state index in [1.165, 1.54) is 0 Å². The number of carbonyl (C=O) groups is 2. The van der Waals surface area contributed by atoms with Gasteiger partial charge in [0.2, 0.25) is 0 Å². The maximum atomic E-state index is 11.5. The van der Waals surface area contributed by atoms with Crippen LogP contribution in [-0.2, 0) is 23.8 Å². The van der Waals surface area contributed by atoms with E-state index < -0.39 is 5.97 Å². The summed E-state index contributed by atoms with van der Waals surface area (Å²) in [7, 11) is 0. The number of hydrogen-bond donors (Lipinski definition) is 0. The van der Waals surface area contributed by atoms with Crippen LogP contribution in [0.25, 0.3) is 0 Å². The fourth-order valence-corrected chi connectivity index (χ4v) is 2.88. The van der Waals surface area contributed by atoms with Gasteiger partial charge in [-0.2, -0.15) is 0 Å². The van der Waals surface area contributed by atoms with E-state index in [-0.39, 0.29) is 42.7 Å². The van der Waals surface area contributed by atoms with Gasteiger partial charge in [0.05, 0.1) is 17.9 Å². The second kappa shape index (κ2) is 3.57. The molecule has 5 heteroatoms. The normalized spacial score (nSPS) is 41.5. The van der Waals surface area contributed by atoms with Crippen molar-refractivity contribution in [3.05, 3.63) is 12.2 Å². The molecular weight excluding hydrogens is 224 g/mol. The van der Waals surface area contributed by atoms with E-state index in [1.54, 1.807) is 6.92 Å². The van der Waals surface area contributed by atoms with Crippen LogP contribution in [0.4, 0.5) is 0 Å². The summed E-state index contributed by atoms with van der Waals surface area (Å²) < 4.78 is 16.1. The van der Waals surface area contributed by atoms with E-state index in [9.17, 15) is 9.59 Å². The third-order valence-electron chi connectivity index (χ3n) is 3.75. The molecule has 0 N–H and O–H groups in total. The predicted molar refractivity (Wildman–Crippen MR) is 55.9 cm³/mol. The molecule has 2 bridgehead atoms. The van der Waals surface area contributed by atoms with Gasteiger partial charge in [0, 0.05) is 5.57 Å². The Labute approximate surface area is 98.7 Å². The van der Waals surface area contributed by atoms with Crippen LogP contribution in [0.2, 0.25) is 0 Å². The van der Waals surface area contributed by atoms with Gasteiger partial charge in [0.15, 0.2) is 0 Å². The van der Waals surface area contributed by atoms with Crippen molar-refractivity contribution in [3.63, 3.8) is 0 Å². The molecule has 0 aromatic heterocycles. The molecule has 92 valence electrons. The van der Waals surface area contributed by atoms with Gasteiger partial charge in [-0.25, -0.2) is 4.79 Å². The lowest BCUT2D eigenvalue weighted by molar-refractivity contribution is -0.146. The number of ether oxygens (including phenoxy) is 3. The van der Waals surface area contributed by atoms with Crippen molar-refractivity contribution in [2.45, 2.75) is 31.7 Å². The van der Waals surface area contributed by atoms with E-state index in [0.29, 0.717) is 12.0 Å². The van der Waals surface area contributed by atoms with Gasteiger partial charge in [-0.3, -0.25) is 4.79 Å². The Morgan fingerprint density at radius 1 is 1.53 bits per heavy atom. The number of fused-ring (bicyclic) bond motifs is 1. The molecule has 0 amide bonds. The average Bonchev–Trinajstić information content (AvgIpc) is 2.87. The molecule has 3 rings (SSSR count). The summed E-state index contributed by atoms with van der Waals surface area (Å²) in [6.07, 6.45) is 0.319. The van der Waals surface area contributed by atoms with Crippen LogP contribution in [0.15, 0.2) is 12.2 Å². The second-order valence-corrected chi connectivity index (χ2v) is 4.93. The van der Waals surface area contributed by atoms with Gasteiger partial charge in [0.1, 0.15) is 18.8 Å². The Morgan fingerprint density at radius 2 is 2.29 bits per heavy atom. The number of carbonyl (C=O) groups excluding carboxylic acids is 2. The highest BCUT2D eigenvalue weighted by Gasteiger charge is 2.63. The molecule has 5 atom stereocenters. The third-order valence-corrected chi connectivity index (χ3v) is 3.75. The standard InChI is InChI=1S/C12H14O5/c1-5(2)11(13)15-4-7-8-3-6-9(16-8)10(7)17-12(6)14/h6-10H,1,3-4H2,2H3. The number of esters is 2. The summed E-state index contributed by atoms with van der Waals surface area (Å²) in [5.74, 6) is -0.700. The molecule has 0 saturated carbocycles. The number of hydrogen-bond acceptors (Lipinski definition) is 5. The first kappa shape index (κ1) is 10.8. The molecule has 3 heterocycles. The van der Waals surface area contributed by atoms with E-state index in [1.807, 2.05) is 0 Å². The van der Waals surface area contributed by atoms with Crippen molar-refractivity contribution in [1.82, 2.24) is 0 Å². The Bertz CT molecular complexity index is 402. The van der Waals surface area contributed by atoms with Crippen LogP contribution in [0, 0.1) is 11.8 Å². The molecule has 3 aliphatic rings. The Kier molecular flexibility index (Phi) is 2.26. The topological polar surface area (TPSA) is 61.8 Å². The Morgan fingerprint density at radius 3 is 3.00 bits per heavy atom. The summed E-state index contributed by atoms with van der Waals surface area (Å²) in [4.78, 5) is 22.8. The summed E-state index contributed by atoms with van der Waals surface area (Å²) in [6.45, 7) is 5.35. The van der Waals surface area contributed by atoms with E-state index in [0.717, 1.165) is 0 Å². The molecule has 3 fully saturated rings. The molecule has 0 radical (unpaired) electrons. The summed E-state index contributed by atoms with van der Waals surface area (Å²) in [5.41, 5.74) is 0.371. The van der Waals surface area contributed by atoms with Crippen molar-refractivity contribution in [2.75, 3.05) is 6.61 Å². The molecule has 0 spiro atoms. The maximum Gasteiger partial charge on any atom is 0.333 e. The molecule has 5 nitrogen and oxygen atoms in total. The van der Waals surface area contributed by atoms with Crippen molar-refractivity contribution >= 4 is 11.9 Å². The molecule has 3 aliphatic heterocycles. The fourth-order valence-electron chi connectivity index (χ4n) is 2.88. The zero-order valence-electron chi connectivity index (χ0n) is 9.55. The molecule has 0 aromatic carbocycles. The van der Waals surface area contributed by atoms with Crippen LogP contribution in [-0.4, -0.2) is 36.9 Å². The lowest BCUT2D eigenvalue weighted by Gasteiger charge is -2.21. The van der Waals surface area contributed by atoms with Gasteiger partial charge < -0.3 is 14.2 Å². The largest absolute Gasteiger partial charge is 0.462 e. The molecule has 5 unspecified atom stereocenters. The van der Waals surface area contributed by atoms with Gasteiger partial charge >= 0.3 is 11.9 Å². The minimum atomic E-state index is -0.409. The first-order valence-electron chi connectivity index (χ1n) is 5.76.